The monoisotopic (exact) mass is 367 g/mol. The van der Waals surface area contributed by atoms with Crippen molar-refractivity contribution in [2.45, 2.75) is 38.6 Å². The van der Waals surface area contributed by atoms with Crippen molar-refractivity contribution < 1.29 is 9.59 Å². The van der Waals surface area contributed by atoms with E-state index in [4.69, 9.17) is 0 Å². The number of ketones is 1. The van der Waals surface area contributed by atoms with E-state index in [-0.39, 0.29) is 17.7 Å². The molecular weight excluding hydrogens is 342 g/mol. The highest BCUT2D eigenvalue weighted by Gasteiger charge is 2.14. The molecule has 0 fully saturated rings. The summed E-state index contributed by atoms with van der Waals surface area (Å²) in [5.41, 5.74) is 4.73. The first-order chi connectivity index (χ1) is 12.6. The van der Waals surface area contributed by atoms with Gasteiger partial charge in [0.1, 0.15) is 0 Å². The van der Waals surface area contributed by atoms with Crippen molar-refractivity contribution in [3.05, 3.63) is 70.8 Å². The third-order valence-corrected chi connectivity index (χ3v) is 5.74. The van der Waals surface area contributed by atoms with Crippen molar-refractivity contribution >= 4 is 23.5 Å². The highest BCUT2D eigenvalue weighted by molar-refractivity contribution is 8.00. The molecule has 26 heavy (non-hydrogen) atoms. The van der Waals surface area contributed by atoms with Crippen molar-refractivity contribution in [3.8, 4) is 0 Å². The third-order valence-electron chi connectivity index (χ3n) is 4.81. The van der Waals surface area contributed by atoms with Crippen LogP contribution in [0.4, 0.5) is 0 Å². The second-order valence-electron chi connectivity index (χ2n) is 6.81. The molecule has 1 aliphatic carbocycles. The Balaban J connectivity index is 1.46. The van der Waals surface area contributed by atoms with Crippen LogP contribution in [0.25, 0.3) is 0 Å². The summed E-state index contributed by atoms with van der Waals surface area (Å²) >= 11 is 1.36. The Morgan fingerprint density at radius 3 is 2.50 bits per heavy atom. The molecule has 3 nitrogen and oxygen atoms in total. The second kappa shape index (κ2) is 9.04. The Labute approximate surface area is 159 Å². The second-order valence-corrected chi connectivity index (χ2v) is 7.79. The molecule has 4 heteroatoms. The fourth-order valence-corrected chi connectivity index (χ4v) is 4.06. The predicted molar refractivity (Wildman–Crippen MR) is 108 cm³/mol. The minimum absolute atomic E-state index is 0.0137. The van der Waals surface area contributed by atoms with Gasteiger partial charge in [-0.3, -0.25) is 9.59 Å². The molecule has 0 saturated carbocycles. The van der Waals surface area contributed by atoms with Gasteiger partial charge in [-0.25, -0.2) is 0 Å². The van der Waals surface area contributed by atoms with E-state index < -0.39 is 0 Å². The van der Waals surface area contributed by atoms with Crippen LogP contribution < -0.4 is 5.32 Å². The van der Waals surface area contributed by atoms with Gasteiger partial charge in [-0.2, -0.15) is 0 Å². The summed E-state index contributed by atoms with van der Waals surface area (Å²) in [5, 5.41) is 3.05. The quantitative estimate of drug-likeness (QED) is 0.740. The molecule has 0 radical (unpaired) electrons. The van der Waals surface area contributed by atoms with E-state index in [1.807, 2.05) is 25.1 Å². The van der Waals surface area contributed by atoms with Crippen molar-refractivity contribution in [1.29, 1.82) is 0 Å². The number of nitrogens with one attached hydrogen (secondary N) is 1. The fraction of sp³-hybridized carbons (Fsp3) is 0.364. The van der Waals surface area contributed by atoms with Gasteiger partial charge in [0.05, 0.1) is 17.5 Å². The lowest BCUT2D eigenvalue weighted by Crippen LogP contribution is -2.28. The lowest BCUT2D eigenvalue weighted by Gasteiger charge is -2.20. The number of aryl methyl sites for hydroxylation is 2. The molecule has 0 bridgehead atoms. The van der Waals surface area contributed by atoms with Crippen LogP contribution in [0.3, 0.4) is 0 Å². The number of hydrogen-bond donors (Lipinski definition) is 1. The van der Waals surface area contributed by atoms with Crippen molar-refractivity contribution in [2.24, 2.45) is 0 Å². The van der Waals surface area contributed by atoms with Gasteiger partial charge in [0.15, 0.2) is 5.78 Å². The summed E-state index contributed by atoms with van der Waals surface area (Å²) in [6.07, 6.45) is 4.84. The summed E-state index contributed by atoms with van der Waals surface area (Å²) in [5.74, 6) is 0.658. The van der Waals surface area contributed by atoms with Gasteiger partial charge in [-0.1, -0.05) is 48.5 Å². The van der Waals surface area contributed by atoms with Gasteiger partial charge < -0.3 is 5.32 Å². The minimum atomic E-state index is -0.0268. The van der Waals surface area contributed by atoms with Gasteiger partial charge in [-0.05, 0) is 49.3 Å². The topological polar surface area (TPSA) is 46.2 Å². The lowest BCUT2D eigenvalue weighted by atomic mass is 9.89. The van der Waals surface area contributed by atoms with E-state index in [0.717, 1.165) is 12.0 Å². The molecule has 1 N–H and O–H groups in total. The van der Waals surface area contributed by atoms with Crippen LogP contribution in [0.2, 0.25) is 0 Å². The van der Waals surface area contributed by atoms with E-state index >= 15 is 0 Å². The van der Waals surface area contributed by atoms with Gasteiger partial charge in [0.25, 0.3) is 0 Å². The summed E-state index contributed by atoms with van der Waals surface area (Å²) in [7, 11) is 0. The molecule has 2 aromatic carbocycles. The zero-order valence-corrected chi connectivity index (χ0v) is 16.0. The maximum Gasteiger partial charge on any atom is 0.230 e. The first-order valence-corrected chi connectivity index (χ1v) is 10.4. The fourth-order valence-electron chi connectivity index (χ4n) is 3.33. The standard InChI is InChI=1S/C22H25NO2S/c1-16(19-12-11-17-7-5-6-10-20(17)13-19)23-22(25)15-26-14-21(24)18-8-3-2-4-9-18/h2-4,8-9,11-13,16H,5-7,10,14-15H2,1H3,(H,23,25)/t16-/m1/s1. The molecule has 136 valence electrons. The molecule has 1 aliphatic rings. The van der Waals surface area contributed by atoms with Crippen LogP contribution in [0.1, 0.15) is 52.9 Å². The minimum Gasteiger partial charge on any atom is -0.349 e. The maximum atomic E-state index is 12.2. The summed E-state index contributed by atoms with van der Waals surface area (Å²) < 4.78 is 0. The van der Waals surface area contributed by atoms with Gasteiger partial charge in [0.2, 0.25) is 5.91 Å². The SMILES string of the molecule is C[C@@H](NC(=O)CSCC(=O)c1ccccc1)c1ccc2c(c1)CCCC2. The highest BCUT2D eigenvalue weighted by Crippen LogP contribution is 2.24. The van der Waals surface area contributed by atoms with E-state index in [9.17, 15) is 9.59 Å². The molecular formula is C22H25NO2S. The van der Waals surface area contributed by atoms with E-state index in [1.165, 1.54) is 42.2 Å². The number of amides is 1. The Morgan fingerprint density at radius 1 is 1.00 bits per heavy atom. The molecule has 1 atom stereocenters. The zero-order chi connectivity index (χ0) is 18.4. The number of rotatable bonds is 7. The summed E-state index contributed by atoms with van der Waals surface area (Å²) in [6.45, 7) is 2.02. The van der Waals surface area contributed by atoms with E-state index in [0.29, 0.717) is 17.1 Å². The van der Waals surface area contributed by atoms with Crippen molar-refractivity contribution in [2.75, 3.05) is 11.5 Å². The first kappa shape index (κ1) is 18.7. The highest BCUT2D eigenvalue weighted by atomic mass is 32.2. The molecule has 3 rings (SSSR count). The number of benzene rings is 2. The summed E-state index contributed by atoms with van der Waals surface area (Å²) in [6, 6.07) is 15.8. The number of thioether (sulfide) groups is 1. The maximum absolute atomic E-state index is 12.2. The molecule has 0 unspecified atom stereocenters. The zero-order valence-electron chi connectivity index (χ0n) is 15.2. The molecule has 1 amide bonds. The largest absolute Gasteiger partial charge is 0.349 e. The van der Waals surface area contributed by atoms with Gasteiger partial charge in [-0.15, -0.1) is 11.8 Å². The Kier molecular flexibility index (Phi) is 6.51. The van der Waals surface area contributed by atoms with Crippen LogP contribution in [0, 0.1) is 0 Å². The molecule has 0 saturated heterocycles. The normalized spacial score (nSPS) is 14.3. The number of hydrogen-bond acceptors (Lipinski definition) is 3. The Morgan fingerprint density at radius 2 is 1.73 bits per heavy atom. The first-order valence-electron chi connectivity index (χ1n) is 9.20. The van der Waals surface area contributed by atoms with E-state index in [1.54, 1.807) is 12.1 Å². The molecule has 0 spiro atoms. The van der Waals surface area contributed by atoms with Gasteiger partial charge in [0, 0.05) is 5.56 Å². The van der Waals surface area contributed by atoms with E-state index in [2.05, 4.69) is 23.5 Å². The molecule has 2 aromatic rings. The average molecular weight is 368 g/mol. The number of carbonyl (C=O) groups is 2. The average Bonchev–Trinajstić information content (AvgIpc) is 2.68. The molecule has 0 aromatic heterocycles. The number of Topliss-reactive ketones (excluding diaryl/α,β-unsaturated/α-hetero) is 1. The molecule has 0 heterocycles. The third kappa shape index (κ3) is 4.98. The summed E-state index contributed by atoms with van der Waals surface area (Å²) in [4.78, 5) is 24.2. The smallest absolute Gasteiger partial charge is 0.230 e. The molecule has 0 aliphatic heterocycles. The van der Waals surface area contributed by atoms with Gasteiger partial charge >= 0.3 is 0 Å². The van der Waals surface area contributed by atoms with Crippen LogP contribution in [-0.4, -0.2) is 23.2 Å². The van der Waals surface area contributed by atoms with Crippen molar-refractivity contribution in [1.82, 2.24) is 5.32 Å². The van der Waals surface area contributed by atoms with Crippen LogP contribution in [0.5, 0.6) is 0 Å². The Hall–Kier alpha value is -2.07. The van der Waals surface area contributed by atoms with Crippen LogP contribution >= 0.6 is 11.8 Å². The van der Waals surface area contributed by atoms with Crippen molar-refractivity contribution in [3.63, 3.8) is 0 Å². The number of fused-ring (bicyclic) bond motifs is 1. The number of carbonyl (C=O) groups excluding carboxylic acids is 2. The van der Waals surface area contributed by atoms with Crippen LogP contribution in [-0.2, 0) is 17.6 Å². The predicted octanol–water partition coefficient (Wildman–Crippen LogP) is 4.36. The Bertz CT molecular complexity index is 773. The lowest BCUT2D eigenvalue weighted by molar-refractivity contribution is -0.119. The van der Waals surface area contributed by atoms with Crippen LogP contribution in [0.15, 0.2) is 48.5 Å².